The molecule has 3 aromatic rings. The molecule has 1 amide bonds. The Balaban J connectivity index is 1.49. The number of thioether (sulfide) groups is 1. The van der Waals surface area contributed by atoms with E-state index in [2.05, 4.69) is 34.6 Å². The molecule has 0 atom stereocenters. The Hall–Kier alpha value is -2.66. The normalized spacial score (nSPS) is 10.5. The Morgan fingerprint density at radius 3 is 2.15 bits per heavy atom. The van der Waals surface area contributed by atoms with Gasteiger partial charge in [0.05, 0.1) is 11.4 Å². The van der Waals surface area contributed by atoms with E-state index >= 15 is 0 Å². The van der Waals surface area contributed by atoms with Crippen LogP contribution in [0.4, 0.5) is 0 Å². The minimum Gasteiger partial charge on any atom is -0.351 e. The fourth-order valence-corrected chi connectivity index (χ4v) is 3.02. The van der Waals surface area contributed by atoms with E-state index in [0.29, 0.717) is 12.3 Å². The van der Waals surface area contributed by atoms with Crippen molar-refractivity contribution >= 4 is 17.7 Å². The zero-order chi connectivity index (χ0) is 18.4. The van der Waals surface area contributed by atoms with E-state index < -0.39 is 0 Å². The first kappa shape index (κ1) is 18.1. The van der Waals surface area contributed by atoms with E-state index in [9.17, 15) is 4.79 Å². The van der Waals surface area contributed by atoms with Crippen molar-refractivity contribution in [2.24, 2.45) is 0 Å². The van der Waals surface area contributed by atoms with Gasteiger partial charge in [0.25, 0.3) is 0 Å². The molecule has 0 aliphatic rings. The van der Waals surface area contributed by atoms with Crippen molar-refractivity contribution in [3.05, 3.63) is 77.4 Å². The van der Waals surface area contributed by atoms with Crippen LogP contribution in [0.2, 0.25) is 0 Å². The third-order valence-electron chi connectivity index (χ3n) is 3.95. The summed E-state index contributed by atoms with van der Waals surface area (Å²) >= 11 is 1.39. The number of benzene rings is 2. The molecule has 5 heteroatoms. The quantitative estimate of drug-likeness (QED) is 0.668. The molecule has 0 fully saturated rings. The summed E-state index contributed by atoms with van der Waals surface area (Å²) in [5.41, 5.74) is 5.39. The number of aromatic nitrogens is 2. The molecule has 0 saturated carbocycles. The molecule has 1 heterocycles. The lowest BCUT2D eigenvalue weighted by Crippen LogP contribution is -2.24. The van der Waals surface area contributed by atoms with E-state index in [1.807, 2.05) is 55.5 Å². The third kappa shape index (κ3) is 5.17. The van der Waals surface area contributed by atoms with Gasteiger partial charge in [-0.3, -0.25) is 4.79 Å². The first-order chi connectivity index (χ1) is 12.6. The highest BCUT2D eigenvalue weighted by Crippen LogP contribution is 2.20. The smallest absolute Gasteiger partial charge is 0.230 e. The number of carbonyl (C=O) groups is 1. The van der Waals surface area contributed by atoms with Crippen LogP contribution in [0.15, 0.2) is 65.7 Å². The molecular formula is C21H21N3OS. The molecule has 0 aliphatic carbocycles. The lowest BCUT2D eigenvalue weighted by atomic mass is 10.1. The van der Waals surface area contributed by atoms with Gasteiger partial charge in [0.15, 0.2) is 0 Å². The predicted octanol–water partition coefficient (Wildman–Crippen LogP) is 4.17. The van der Waals surface area contributed by atoms with Crippen molar-refractivity contribution in [1.82, 2.24) is 15.5 Å². The highest BCUT2D eigenvalue weighted by atomic mass is 32.2. The maximum Gasteiger partial charge on any atom is 0.230 e. The van der Waals surface area contributed by atoms with Crippen LogP contribution in [0.1, 0.15) is 16.7 Å². The Morgan fingerprint density at radius 2 is 1.54 bits per heavy atom. The van der Waals surface area contributed by atoms with Crippen LogP contribution in [-0.4, -0.2) is 21.9 Å². The number of aryl methyl sites for hydroxylation is 2. The lowest BCUT2D eigenvalue weighted by Gasteiger charge is -2.06. The van der Waals surface area contributed by atoms with E-state index in [1.54, 1.807) is 0 Å². The summed E-state index contributed by atoms with van der Waals surface area (Å²) in [6.45, 7) is 4.64. The summed E-state index contributed by atoms with van der Waals surface area (Å²) in [4.78, 5) is 12.0. The van der Waals surface area contributed by atoms with E-state index in [4.69, 9.17) is 0 Å². The molecule has 0 unspecified atom stereocenters. The van der Waals surface area contributed by atoms with Gasteiger partial charge in [-0.25, -0.2) is 0 Å². The molecule has 0 aliphatic heterocycles. The van der Waals surface area contributed by atoms with E-state index in [0.717, 1.165) is 21.8 Å². The average molecular weight is 363 g/mol. The van der Waals surface area contributed by atoms with Gasteiger partial charge in [0, 0.05) is 12.1 Å². The summed E-state index contributed by atoms with van der Waals surface area (Å²) in [6, 6.07) is 20.1. The van der Waals surface area contributed by atoms with Gasteiger partial charge in [-0.05, 0) is 31.5 Å². The van der Waals surface area contributed by atoms with Gasteiger partial charge in [-0.15, -0.1) is 10.2 Å². The van der Waals surface area contributed by atoms with Gasteiger partial charge in [0.2, 0.25) is 5.91 Å². The number of hydrogen-bond acceptors (Lipinski definition) is 4. The average Bonchev–Trinajstić information content (AvgIpc) is 2.67. The Kier molecular flexibility index (Phi) is 6.02. The largest absolute Gasteiger partial charge is 0.351 e. The standard InChI is InChI=1S/C21H21N3OS/c1-15-3-7-17(8-4-15)13-22-20(25)14-26-21-12-11-19(23-24-21)18-9-5-16(2)6-10-18/h3-12H,13-14H2,1-2H3,(H,22,25). The van der Waals surface area contributed by atoms with Crippen molar-refractivity contribution in [2.45, 2.75) is 25.4 Å². The first-order valence-corrected chi connectivity index (χ1v) is 9.44. The summed E-state index contributed by atoms with van der Waals surface area (Å²) < 4.78 is 0. The van der Waals surface area contributed by atoms with Gasteiger partial charge < -0.3 is 5.32 Å². The number of nitrogens with one attached hydrogen (secondary N) is 1. The van der Waals surface area contributed by atoms with Crippen molar-refractivity contribution in [1.29, 1.82) is 0 Å². The maximum atomic E-state index is 12.0. The van der Waals surface area contributed by atoms with Crippen LogP contribution >= 0.6 is 11.8 Å². The SMILES string of the molecule is Cc1ccc(CNC(=O)CSc2ccc(-c3ccc(C)cc3)nn2)cc1. The van der Waals surface area contributed by atoms with E-state index in [-0.39, 0.29) is 5.91 Å². The van der Waals surface area contributed by atoms with Gasteiger partial charge >= 0.3 is 0 Å². The summed E-state index contributed by atoms with van der Waals surface area (Å²) in [5, 5.41) is 12.1. The fourth-order valence-electron chi connectivity index (χ4n) is 2.37. The molecule has 132 valence electrons. The van der Waals surface area contributed by atoms with Crippen LogP contribution in [0.25, 0.3) is 11.3 Å². The second kappa shape index (κ2) is 8.63. The van der Waals surface area contributed by atoms with Crippen LogP contribution in [0.5, 0.6) is 0 Å². The molecule has 2 aromatic carbocycles. The van der Waals surface area contributed by atoms with Crippen LogP contribution in [0.3, 0.4) is 0 Å². The predicted molar refractivity (Wildman–Crippen MR) is 106 cm³/mol. The minimum atomic E-state index is -0.0139. The molecule has 0 radical (unpaired) electrons. The first-order valence-electron chi connectivity index (χ1n) is 8.46. The monoisotopic (exact) mass is 363 g/mol. The topological polar surface area (TPSA) is 54.9 Å². The van der Waals surface area contributed by atoms with Crippen molar-refractivity contribution in [2.75, 3.05) is 5.75 Å². The van der Waals surface area contributed by atoms with Crippen LogP contribution < -0.4 is 5.32 Å². The molecule has 26 heavy (non-hydrogen) atoms. The number of hydrogen-bond donors (Lipinski definition) is 1. The second-order valence-corrected chi connectivity index (χ2v) is 7.17. The maximum absolute atomic E-state index is 12.0. The molecule has 0 saturated heterocycles. The molecule has 0 spiro atoms. The molecule has 1 aromatic heterocycles. The summed E-state index contributed by atoms with van der Waals surface area (Å²) in [6.07, 6.45) is 0. The minimum absolute atomic E-state index is 0.0139. The number of carbonyl (C=O) groups excluding carboxylic acids is 1. The van der Waals surface area contributed by atoms with Crippen molar-refractivity contribution in [3.8, 4) is 11.3 Å². The molecule has 3 rings (SSSR count). The highest BCUT2D eigenvalue weighted by molar-refractivity contribution is 7.99. The second-order valence-electron chi connectivity index (χ2n) is 6.17. The Morgan fingerprint density at radius 1 is 0.885 bits per heavy atom. The Labute approximate surface area is 158 Å². The van der Waals surface area contributed by atoms with Crippen LogP contribution in [-0.2, 0) is 11.3 Å². The molecule has 1 N–H and O–H groups in total. The zero-order valence-corrected chi connectivity index (χ0v) is 15.7. The Bertz CT molecular complexity index is 859. The van der Waals surface area contributed by atoms with Gasteiger partial charge in [-0.1, -0.05) is 71.4 Å². The van der Waals surface area contributed by atoms with Gasteiger partial charge in [0.1, 0.15) is 5.03 Å². The highest BCUT2D eigenvalue weighted by Gasteiger charge is 2.06. The van der Waals surface area contributed by atoms with Crippen molar-refractivity contribution < 1.29 is 4.79 Å². The third-order valence-corrected chi connectivity index (χ3v) is 4.87. The fraction of sp³-hybridized carbons (Fsp3) is 0.190. The number of amides is 1. The molecule has 0 bridgehead atoms. The number of rotatable bonds is 6. The van der Waals surface area contributed by atoms with Crippen molar-refractivity contribution in [3.63, 3.8) is 0 Å². The lowest BCUT2D eigenvalue weighted by molar-refractivity contribution is -0.118. The summed E-state index contributed by atoms with van der Waals surface area (Å²) in [5.74, 6) is 0.310. The van der Waals surface area contributed by atoms with Gasteiger partial charge in [-0.2, -0.15) is 0 Å². The van der Waals surface area contributed by atoms with Crippen LogP contribution in [0, 0.1) is 13.8 Å². The van der Waals surface area contributed by atoms with E-state index in [1.165, 1.54) is 22.9 Å². The summed E-state index contributed by atoms with van der Waals surface area (Å²) in [7, 11) is 0. The number of nitrogens with zero attached hydrogens (tertiary/aromatic N) is 2. The zero-order valence-electron chi connectivity index (χ0n) is 14.9. The molecular weight excluding hydrogens is 342 g/mol. The molecule has 4 nitrogen and oxygen atoms in total.